The summed E-state index contributed by atoms with van der Waals surface area (Å²) in [6, 6.07) is 1.95. The van der Waals surface area contributed by atoms with Crippen molar-refractivity contribution in [3.63, 3.8) is 0 Å². The number of ether oxygens (including phenoxy) is 3. The van der Waals surface area contributed by atoms with Gasteiger partial charge in [0, 0.05) is 31.4 Å². The van der Waals surface area contributed by atoms with Crippen molar-refractivity contribution in [2.24, 2.45) is 11.1 Å². The van der Waals surface area contributed by atoms with Gasteiger partial charge < -0.3 is 29.5 Å². The van der Waals surface area contributed by atoms with Crippen molar-refractivity contribution < 1.29 is 37.7 Å². The number of oxime groups is 1. The van der Waals surface area contributed by atoms with Crippen LogP contribution < -0.4 is 5.32 Å². The SMILES string of the molecule is CO[C@@H]1[C@H](n2cc(-c3ccc(Br)c(F)c3F)nn2)[C@@H](OC=O)[C@@H](CO)O[C@@H]1C[C@H]1CC(C2CCNCC2)=NO1. The average molecular weight is 614 g/mol. The molecule has 0 radical (unpaired) electrons. The molecule has 0 unspecified atom stereocenters. The highest BCUT2D eigenvalue weighted by Gasteiger charge is 2.50. The molecule has 2 saturated heterocycles. The molecular formula is C25H30BrF2N5O6. The maximum Gasteiger partial charge on any atom is 0.293 e. The zero-order valence-corrected chi connectivity index (χ0v) is 22.8. The third-order valence-corrected chi connectivity index (χ3v) is 8.22. The van der Waals surface area contributed by atoms with Crippen molar-refractivity contribution in [3.8, 4) is 11.3 Å². The number of nitrogens with zero attached hydrogens (tertiary/aromatic N) is 4. The number of hydrogen-bond donors (Lipinski definition) is 2. The van der Waals surface area contributed by atoms with Gasteiger partial charge in [0.2, 0.25) is 0 Å². The highest BCUT2D eigenvalue weighted by Crippen LogP contribution is 2.38. The molecule has 11 nitrogen and oxygen atoms in total. The van der Waals surface area contributed by atoms with Gasteiger partial charge in [0.1, 0.15) is 30.0 Å². The van der Waals surface area contributed by atoms with Crippen molar-refractivity contribution in [1.82, 2.24) is 20.3 Å². The summed E-state index contributed by atoms with van der Waals surface area (Å²) in [5.41, 5.74) is 1.02. The van der Waals surface area contributed by atoms with Gasteiger partial charge in [-0.25, -0.2) is 13.5 Å². The van der Waals surface area contributed by atoms with Gasteiger partial charge in [0.15, 0.2) is 17.7 Å². The lowest BCUT2D eigenvalue weighted by atomic mass is 9.86. The van der Waals surface area contributed by atoms with E-state index in [0.717, 1.165) is 31.6 Å². The minimum atomic E-state index is -1.08. The van der Waals surface area contributed by atoms with Gasteiger partial charge >= 0.3 is 0 Å². The number of carbonyl (C=O) groups excluding carboxylic acids is 1. The molecule has 3 aliphatic heterocycles. The van der Waals surface area contributed by atoms with Crippen molar-refractivity contribution >= 4 is 28.1 Å². The van der Waals surface area contributed by atoms with Crippen LogP contribution in [0.5, 0.6) is 0 Å². The molecule has 14 heteroatoms. The number of aromatic nitrogens is 3. The van der Waals surface area contributed by atoms with Crippen LogP contribution in [-0.4, -0.2) is 89.6 Å². The molecule has 0 aliphatic carbocycles. The van der Waals surface area contributed by atoms with Crippen LogP contribution in [0.15, 0.2) is 28.0 Å². The highest BCUT2D eigenvalue weighted by molar-refractivity contribution is 9.10. The Hall–Kier alpha value is -2.52. The minimum Gasteiger partial charge on any atom is -0.459 e. The van der Waals surface area contributed by atoms with E-state index in [4.69, 9.17) is 19.0 Å². The molecule has 212 valence electrons. The molecule has 0 amide bonds. The Morgan fingerprint density at radius 3 is 2.74 bits per heavy atom. The van der Waals surface area contributed by atoms with E-state index in [9.17, 15) is 18.7 Å². The molecule has 2 fully saturated rings. The predicted molar refractivity (Wildman–Crippen MR) is 137 cm³/mol. The van der Waals surface area contributed by atoms with E-state index in [1.165, 1.54) is 30.1 Å². The number of aliphatic hydroxyl groups excluding tert-OH is 1. The summed E-state index contributed by atoms with van der Waals surface area (Å²) < 4.78 is 47.5. The summed E-state index contributed by atoms with van der Waals surface area (Å²) in [5.74, 6) is -1.75. The first-order valence-corrected chi connectivity index (χ1v) is 13.6. The van der Waals surface area contributed by atoms with E-state index in [1.807, 2.05) is 0 Å². The first kappa shape index (κ1) is 28.0. The number of nitrogens with one attached hydrogen (secondary N) is 1. The number of hydrogen-bond acceptors (Lipinski definition) is 10. The van der Waals surface area contributed by atoms with Crippen LogP contribution in [0, 0.1) is 17.6 Å². The molecule has 2 aromatic rings. The maximum absolute atomic E-state index is 14.7. The number of halogens is 3. The zero-order valence-electron chi connectivity index (χ0n) is 21.2. The summed E-state index contributed by atoms with van der Waals surface area (Å²) in [5, 5.41) is 26.0. The molecular weight excluding hydrogens is 584 g/mol. The van der Waals surface area contributed by atoms with Crippen LogP contribution in [0.25, 0.3) is 11.3 Å². The van der Waals surface area contributed by atoms with Crippen LogP contribution >= 0.6 is 15.9 Å². The standard InChI is InChI=1S/C25H30BrF2N5O6/c1-36-24-19(9-14-8-17(31-39-14)13-4-6-29-7-5-13)38-20(11-34)25(37-12-35)23(24)33-10-18(30-32-33)15-2-3-16(26)22(28)21(15)27/h2-3,10,12-14,19-20,23-25,29,34H,4-9,11H2,1H3/t14-,19-,20-,23+,24+,25+/m1/s1. The summed E-state index contributed by atoms with van der Waals surface area (Å²) in [4.78, 5) is 17.2. The van der Waals surface area contributed by atoms with E-state index < -0.39 is 48.7 Å². The molecule has 1 aromatic carbocycles. The normalized spacial score (nSPS) is 29.6. The van der Waals surface area contributed by atoms with Gasteiger partial charge in [-0.1, -0.05) is 10.4 Å². The monoisotopic (exact) mass is 613 g/mol. The van der Waals surface area contributed by atoms with Crippen LogP contribution in [0.4, 0.5) is 8.78 Å². The molecule has 6 atom stereocenters. The first-order valence-electron chi connectivity index (χ1n) is 12.8. The fourth-order valence-corrected chi connectivity index (χ4v) is 5.97. The quantitative estimate of drug-likeness (QED) is 0.323. The van der Waals surface area contributed by atoms with Gasteiger partial charge in [0.25, 0.3) is 6.47 Å². The van der Waals surface area contributed by atoms with Crippen LogP contribution in [0.2, 0.25) is 0 Å². The smallest absolute Gasteiger partial charge is 0.293 e. The van der Waals surface area contributed by atoms with Crippen molar-refractivity contribution in [3.05, 3.63) is 34.4 Å². The predicted octanol–water partition coefficient (Wildman–Crippen LogP) is 2.38. The number of benzene rings is 1. The van der Waals surface area contributed by atoms with E-state index in [1.54, 1.807) is 0 Å². The molecule has 0 saturated carbocycles. The molecule has 0 bridgehead atoms. The molecule has 4 heterocycles. The molecule has 39 heavy (non-hydrogen) atoms. The van der Waals surface area contributed by atoms with Crippen LogP contribution in [0.1, 0.15) is 31.7 Å². The molecule has 5 rings (SSSR count). The molecule has 1 aromatic heterocycles. The number of methoxy groups -OCH3 is 1. The van der Waals surface area contributed by atoms with Crippen LogP contribution in [-0.2, 0) is 23.8 Å². The van der Waals surface area contributed by atoms with Crippen molar-refractivity contribution in [2.75, 3.05) is 26.8 Å². The van der Waals surface area contributed by atoms with Gasteiger partial charge in [-0.15, -0.1) is 5.10 Å². The van der Waals surface area contributed by atoms with Gasteiger partial charge in [-0.3, -0.25) is 4.79 Å². The zero-order chi connectivity index (χ0) is 27.5. The fraction of sp³-hybridized carbons (Fsp3) is 0.600. The van der Waals surface area contributed by atoms with E-state index >= 15 is 0 Å². The molecule has 0 spiro atoms. The topological polar surface area (TPSA) is 129 Å². The Labute approximate surface area is 231 Å². The summed E-state index contributed by atoms with van der Waals surface area (Å²) >= 11 is 2.96. The second-order valence-electron chi connectivity index (χ2n) is 9.86. The van der Waals surface area contributed by atoms with Crippen molar-refractivity contribution in [2.45, 2.75) is 62.2 Å². The number of piperidine rings is 1. The number of carbonyl (C=O) groups is 1. The Balaban J connectivity index is 1.39. The Morgan fingerprint density at radius 1 is 1.23 bits per heavy atom. The second kappa shape index (κ2) is 12.3. The Bertz CT molecular complexity index is 1200. The van der Waals surface area contributed by atoms with Crippen molar-refractivity contribution in [1.29, 1.82) is 0 Å². The van der Waals surface area contributed by atoms with Gasteiger partial charge in [-0.05, 0) is 54.0 Å². The fourth-order valence-electron chi connectivity index (χ4n) is 5.67. The Kier molecular flexibility index (Phi) is 8.86. The first-order chi connectivity index (χ1) is 18.9. The summed E-state index contributed by atoms with van der Waals surface area (Å²) in [6.07, 6.45) is 1.02. The minimum absolute atomic E-state index is 0.0190. The summed E-state index contributed by atoms with van der Waals surface area (Å²) in [6.45, 7) is 1.71. The highest BCUT2D eigenvalue weighted by atomic mass is 79.9. The molecule has 3 aliphatic rings. The van der Waals surface area contributed by atoms with E-state index in [2.05, 4.69) is 36.7 Å². The molecule has 2 N–H and O–H groups in total. The van der Waals surface area contributed by atoms with Gasteiger partial charge in [0.05, 0.1) is 29.1 Å². The lowest BCUT2D eigenvalue weighted by Gasteiger charge is -2.45. The lowest BCUT2D eigenvalue weighted by molar-refractivity contribution is -0.225. The average Bonchev–Trinajstić information content (AvgIpc) is 3.63. The maximum atomic E-state index is 14.7. The van der Waals surface area contributed by atoms with Gasteiger partial charge in [-0.2, -0.15) is 0 Å². The largest absolute Gasteiger partial charge is 0.459 e. The lowest BCUT2D eigenvalue weighted by Crippen LogP contribution is -2.58. The van der Waals surface area contributed by atoms with E-state index in [0.29, 0.717) is 18.8 Å². The third kappa shape index (κ3) is 5.71. The summed E-state index contributed by atoms with van der Waals surface area (Å²) in [7, 11) is 1.49. The Morgan fingerprint density at radius 2 is 2.03 bits per heavy atom. The van der Waals surface area contributed by atoms with E-state index in [-0.39, 0.29) is 28.3 Å². The second-order valence-corrected chi connectivity index (χ2v) is 10.7. The third-order valence-electron chi connectivity index (χ3n) is 7.61. The van der Waals surface area contributed by atoms with Crippen LogP contribution in [0.3, 0.4) is 0 Å². The number of aliphatic hydroxyl groups is 1. The number of rotatable bonds is 9.